The van der Waals surface area contributed by atoms with Crippen LogP contribution in [-0.2, 0) is 19.6 Å². The van der Waals surface area contributed by atoms with Crippen molar-refractivity contribution in [3.63, 3.8) is 0 Å². The van der Waals surface area contributed by atoms with E-state index in [0.717, 1.165) is 90.4 Å². The minimum atomic E-state index is -4.99. The average molecular weight is 625 g/mol. The van der Waals surface area contributed by atoms with Crippen molar-refractivity contribution in [2.24, 2.45) is 8.80 Å². The van der Waals surface area contributed by atoms with Crippen LogP contribution < -0.4 is 0 Å². The highest BCUT2D eigenvalue weighted by molar-refractivity contribution is 8.10. The monoisotopic (exact) mass is 624 g/mol. The highest BCUT2D eigenvalue weighted by atomic mass is 32.3. The van der Waals surface area contributed by atoms with Crippen molar-refractivity contribution in [3.05, 3.63) is 0 Å². The second kappa shape index (κ2) is 15.7. The zero-order valence-electron chi connectivity index (χ0n) is 26.2. The van der Waals surface area contributed by atoms with Gasteiger partial charge in [-0.25, -0.2) is 8.42 Å². The molecule has 2 fully saturated rings. The van der Waals surface area contributed by atoms with E-state index in [1.54, 1.807) is 0 Å². The Morgan fingerprint density at radius 1 is 0.537 bits per heavy atom. The van der Waals surface area contributed by atoms with E-state index in [1.807, 2.05) is 0 Å². The molecule has 0 saturated carbocycles. The Bertz CT molecular complexity index is 911. The third-order valence-electron chi connectivity index (χ3n) is 8.45. The van der Waals surface area contributed by atoms with Crippen molar-refractivity contribution in [1.29, 1.82) is 0 Å². The molecule has 244 valence electrons. The number of unbranched alkanes of at least 4 members (excludes halogenated alkanes) is 10. The van der Waals surface area contributed by atoms with Crippen molar-refractivity contribution >= 4 is 31.3 Å². The summed E-state index contributed by atoms with van der Waals surface area (Å²) in [6, 6.07) is 0. The first-order valence-corrected chi connectivity index (χ1v) is 19.9. The number of hydrogen-bond acceptors (Lipinski definition) is 2. The van der Waals surface area contributed by atoms with E-state index < -0.39 is 30.1 Å². The molecule has 2 aliphatic rings. The van der Waals surface area contributed by atoms with E-state index in [0.29, 0.717) is 24.5 Å². The van der Waals surface area contributed by atoms with Gasteiger partial charge in [0.15, 0.2) is 19.6 Å². The highest BCUT2D eigenvalue weighted by Crippen LogP contribution is 2.29. The third-order valence-corrected chi connectivity index (χ3v) is 12.9. The van der Waals surface area contributed by atoms with Crippen molar-refractivity contribution in [3.8, 4) is 0 Å². The number of nitrogens with zero attached hydrogens (tertiary/aromatic N) is 4. The van der Waals surface area contributed by atoms with Gasteiger partial charge < -0.3 is 9.80 Å². The van der Waals surface area contributed by atoms with Gasteiger partial charge in [-0.15, -0.1) is 0 Å². The van der Waals surface area contributed by atoms with Gasteiger partial charge in [-0.1, -0.05) is 57.8 Å². The van der Waals surface area contributed by atoms with Crippen LogP contribution in [-0.4, -0.2) is 84.8 Å². The molecule has 0 amide bonds. The van der Waals surface area contributed by atoms with Gasteiger partial charge >= 0.3 is 0 Å². The van der Waals surface area contributed by atoms with Crippen molar-refractivity contribution in [2.45, 2.75) is 147 Å². The maximum Gasteiger partial charge on any atom is 0.180 e. The van der Waals surface area contributed by atoms with Crippen molar-refractivity contribution in [1.82, 2.24) is 9.80 Å². The Morgan fingerprint density at radius 2 is 0.780 bits per heavy atom. The number of amidine groups is 2. The van der Waals surface area contributed by atoms with Crippen LogP contribution in [0.5, 0.6) is 0 Å². The normalized spacial score (nSPS) is 19.7. The van der Waals surface area contributed by atoms with Crippen LogP contribution in [0.25, 0.3) is 0 Å². The molecule has 0 aromatic heterocycles. The van der Waals surface area contributed by atoms with E-state index >= 15 is 0 Å². The fourth-order valence-corrected chi connectivity index (χ4v) is 6.87. The Kier molecular flexibility index (Phi) is 13.9. The second-order valence-corrected chi connectivity index (χ2v) is 18.4. The maximum atomic E-state index is 12.6. The van der Waals surface area contributed by atoms with Crippen molar-refractivity contribution < 1.29 is 26.6 Å². The summed E-state index contributed by atoms with van der Waals surface area (Å²) in [7, 11) is -9.99. The fraction of sp³-hybridized carbons (Fsp3) is 0.931. The van der Waals surface area contributed by atoms with Gasteiger partial charge in [-0.2, -0.15) is 8.80 Å². The zero-order valence-corrected chi connectivity index (χ0v) is 27.8. The van der Waals surface area contributed by atoms with Crippen LogP contribution >= 0.6 is 0 Å². The second-order valence-electron chi connectivity index (χ2n) is 12.7. The van der Waals surface area contributed by atoms with Crippen molar-refractivity contribution in [2.75, 3.05) is 26.2 Å². The highest BCUT2D eigenvalue weighted by Gasteiger charge is 2.36. The molecule has 0 unspecified atom stereocenters. The predicted molar refractivity (Wildman–Crippen MR) is 174 cm³/mol. The average Bonchev–Trinajstić information content (AvgIpc) is 3.59. The molecule has 2 rings (SSSR count). The Labute approximate surface area is 249 Å². The Morgan fingerprint density at radius 3 is 1.02 bits per heavy atom. The molecule has 4 N–H and O–H groups in total. The summed E-state index contributed by atoms with van der Waals surface area (Å²) in [5.41, 5.74) is 0. The van der Waals surface area contributed by atoms with Crippen LogP contribution in [0.3, 0.4) is 0 Å². The number of hydrogen-bond donors (Lipinski definition) is 4. The van der Waals surface area contributed by atoms with Gasteiger partial charge in [0, 0.05) is 39.0 Å². The molecule has 2 saturated heterocycles. The maximum absolute atomic E-state index is 12.6. The van der Waals surface area contributed by atoms with E-state index in [9.17, 15) is 26.6 Å². The van der Waals surface area contributed by atoms with Gasteiger partial charge in [-0.3, -0.25) is 18.2 Å². The van der Waals surface area contributed by atoms with Gasteiger partial charge in [0.25, 0.3) is 0 Å². The van der Waals surface area contributed by atoms with E-state index in [-0.39, 0.29) is 0 Å². The first-order valence-electron chi connectivity index (χ1n) is 16.1. The summed E-state index contributed by atoms with van der Waals surface area (Å²) in [6.45, 7) is 9.43. The summed E-state index contributed by atoms with van der Waals surface area (Å²) in [5, 5.41) is -1.67. The summed E-state index contributed by atoms with van der Waals surface area (Å²) in [4.78, 5) is 4.12. The third kappa shape index (κ3) is 12.7. The summed E-state index contributed by atoms with van der Waals surface area (Å²) < 4.78 is 74.4. The van der Waals surface area contributed by atoms with E-state index in [1.165, 1.54) is 59.8 Å². The van der Waals surface area contributed by atoms with Crippen LogP contribution in [0, 0.1) is 0 Å². The molecule has 0 radical (unpaired) electrons. The molecule has 0 spiro atoms. The Hall–Kier alpha value is -0.920. The van der Waals surface area contributed by atoms with Crippen LogP contribution in [0.4, 0.5) is 0 Å². The zero-order chi connectivity index (χ0) is 30.6. The molecule has 0 aromatic rings. The SMILES string of the molecule is CC(C)S(=O)(O)(O)/N=C(/CCCCCCCCCCCCC/C(=N/S(=O)(O)(O)C(C)C)N1CCCC1)N1CCCC1. The number of likely N-dealkylation sites (tertiary alicyclic amines) is 2. The molecular weight excluding hydrogens is 564 g/mol. The number of rotatable bonds is 18. The Balaban J connectivity index is 1.60. The van der Waals surface area contributed by atoms with E-state index in [2.05, 4.69) is 18.6 Å². The molecular formula is C29H60N4O6S2. The standard InChI is InChI=1S/C29H60N4O6S2/c1-26(2)40(34,35,36)30-28(32-22-16-17-23-32)20-14-12-10-8-6-5-7-9-11-13-15-21-29(33-24-18-19-25-33)31-41(37,38,39)27(3)4/h26-27H,5-25H2,1-4H3,(H2,34,35,36)(H2,37,38,39)/b30-28-,31-29-. The first-order chi connectivity index (χ1) is 19.1. The topological polar surface area (TPSA) is 146 Å². The summed E-state index contributed by atoms with van der Waals surface area (Å²) in [6.07, 6.45) is 17.6. The quantitative estimate of drug-likeness (QED) is 0.0710. The predicted octanol–water partition coefficient (Wildman–Crippen LogP) is 7.23. The first kappa shape index (κ1) is 36.3. The largest absolute Gasteiger partial charge is 0.359 e. The molecule has 0 aromatic carbocycles. The van der Waals surface area contributed by atoms with E-state index in [4.69, 9.17) is 0 Å². The lowest BCUT2D eigenvalue weighted by Gasteiger charge is -2.32. The molecule has 12 heteroatoms. The minimum Gasteiger partial charge on any atom is -0.359 e. The van der Waals surface area contributed by atoms with Crippen LogP contribution in [0.2, 0.25) is 0 Å². The van der Waals surface area contributed by atoms with Gasteiger partial charge in [0.05, 0.1) is 10.5 Å². The van der Waals surface area contributed by atoms with Gasteiger partial charge in [0.1, 0.15) is 11.7 Å². The molecule has 0 atom stereocenters. The molecule has 0 aliphatic carbocycles. The van der Waals surface area contributed by atoms with Crippen LogP contribution in [0.1, 0.15) is 137 Å². The molecule has 2 heterocycles. The molecule has 0 bridgehead atoms. The van der Waals surface area contributed by atoms with Gasteiger partial charge in [-0.05, 0) is 66.2 Å². The minimum absolute atomic E-state index is 0.582. The lowest BCUT2D eigenvalue weighted by molar-refractivity contribution is 0.377. The smallest absolute Gasteiger partial charge is 0.180 e. The van der Waals surface area contributed by atoms with Crippen LogP contribution in [0.15, 0.2) is 8.80 Å². The fourth-order valence-electron chi connectivity index (χ4n) is 5.24. The lowest BCUT2D eigenvalue weighted by Crippen LogP contribution is -2.41. The van der Waals surface area contributed by atoms with Gasteiger partial charge in [0.2, 0.25) is 0 Å². The lowest BCUT2D eigenvalue weighted by atomic mass is 10.0. The molecule has 2 aliphatic heterocycles. The molecule has 10 nitrogen and oxygen atoms in total. The summed E-state index contributed by atoms with van der Waals surface area (Å²) >= 11 is 0. The molecule has 41 heavy (non-hydrogen) atoms. The summed E-state index contributed by atoms with van der Waals surface area (Å²) in [5.74, 6) is 1.16.